The van der Waals surface area contributed by atoms with Gasteiger partial charge in [-0.05, 0) is 0 Å². The fourth-order valence-electron chi connectivity index (χ4n) is 0. The van der Waals surface area contributed by atoms with Crippen LogP contribution >= 0.6 is 34.8 Å². The summed E-state index contributed by atoms with van der Waals surface area (Å²) in [6.45, 7) is 0. The van der Waals surface area contributed by atoms with E-state index in [1.165, 1.54) is 0 Å². The van der Waals surface area contributed by atoms with E-state index in [4.69, 9.17) is 52.3 Å². The van der Waals surface area contributed by atoms with Crippen molar-refractivity contribution in [3.63, 3.8) is 0 Å². The van der Waals surface area contributed by atoms with Crippen LogP contribution in [0.1, 0.15) is 2.85 Å². The average Bonchev–Trinajstić information content (AvgIpc) is 1.19. The Morgan fingerprint density at radius 1 is 1.20 bits per heavy atom. The van der Waals surface area contributed by atoms with Crippen LogP contribution in [0.15, 0.2) is 0 Å². The molecule has 0 spiro atoms. The summed E-state index contributed by atoms with van der Waals surface area (Å²) in [5.41, 5.74) is 0. The van der Waals surface area contributed by atoms with Crippen LogP contribution in [0.5, 0.6) is 0 Å². The second kappa shape index (κ2) is 8.60. The average molecular weight is 244 g/mol. The fraction of sp³-hybridized carbons (Fsp3) is 1.00. The van der Waals surface area contributed by atoms with E-state index in [1.807, 2.05) is 0 Å². The molecule has 0 aliphatic carbocycles. The van der Waals surface area contributed by atoms with E-state index in [0.717, 1.165) is 0 Å². The van der Waals surface area contributed by atoms with Crippen molar-refractivity contribution in [1.82, 2.24) is 0 Å². The number of rotatable bonds is 0. The van der Waals surface area contributed by atoms with Crippen molar-refractivity contribution in [2.45, 2.75) is 4.30 Å². The van der Waals surface area contributed by atoms with Crippen molar-refractivity contribution >= 4 is 68.3 Å². The summed E-state index contributed by atoms with van der Waals surface area (Å²) in [5, 5.41) is 0. The molecule has 4 nitrogen and oxygen atoms in total. The van der Waals surface area contributed by atoms with Crippen LogP contribution in [0.3, 0.4) is 0 Å². The van der Waals surface area contributed by atoms with Crippen LogP contribution in [0.2, 0.25) is 0 Å². The predicted molar refractivity (Wildman–Crippen MR) is 43.5 cm³/mol. The number of alkyl halides is 3. The predicted octanol–water partition coefficient (Wildman–Crippen LogP) is 1.18. The number of hydrogen-bond acceptors (Lipinski definition) is 2. The van der Waals surface area contributed by atoms with E-state index in [-0.39, 0.29) is 25.9 Å². The van der Waals surface area contributed by atoms with Gasteiger partial charge in [-0.2, -0.15) is 8.42 Å². The van der Waals surface area contributed by atoms with Gasteiger partial charge in [0.05, 0.1) is 0 Å². The number of halogens is 3. The summed E-state index contributed by atoms with van der Waals surface area (Å²) in [4.78, 5) is 0. The van der Waals surface area contributed by atoms with E-state index >= 15 is 0 Å². The van der Waals surface area contributed by atoms with Crippen molar-refractivity contribution in [3.05, 3.63) is 0 Å². The third kappa shape index (κ3) is 303. The van der Waals surface area contributed by atoms with Crippen LogP contribution in [0.25, 0.3) is 0 Å². The molecule has 0 heterocycles. The topological polar surface area (TPSA) is 74.6 Å². The Kier molecular flexibility index (Phi) is 15.1. The zero-order valence-electron chi connectivity index (χ0n) is 6.54. The van der Waals surface area contributed by atoms with Gasteiger partial charge in [0.1, 0.15) is 0 Å². The molecule has 0 fully saturated rings. The van der Waals surface area contributed by atoms with Crippen molar-refractivity contribution < 1.29 is 20.4 Å². The molecule has 62 valence electrons. The van der Waals surface area contributed by atoms with Gasteiger partial charge in [0, 0.05) is 0 Å². The van der Waals surface area contributed by atoms with Gasteiger partial charge >= 0.3 is 33.5 Å². The minimum absolute atomic E-state index is 0. The van der Waals surface area contributed by atoms with E-state index < -0.39 is 14.7 Å². The minimum Gasteiger partial charge on any atom is -1.00 e. The molecule has 0 aromatic carbocycles. The summed E-state index contributed by atoms with van der Waals surface area (Å²) in [6, 6.07) is 0. The van der Waals surface area contributed by atoms with Gasteiger partial charge in [0.2, 0.25) is 0 Å². The molecule has 0 aromatic heterocycles. The molecular formula is CH5Cl3MgO4S. The largest absolute Gasteiger partial charge is 2.00 e. The number of hydrogen-bond donors (Lipinski definition) is 2. The van der Waals surface area contributed by atoms with E-state index in [9.17, 15) is 0 Å². The van der Waals surface area contributed by atoms with Gasteiger partial charge in [-0.3, -0.25) is 9.11 Å². The Bertz CT molecular complexity index is 140. The van der Waals surface area contributed by atoms with Crippen molar-refractivity contribution in [3.8, 4) is 0 Å². The molecule has 0 bridgehead atoms. The zero-order valence-corrected chi connectivity index (χ0v) is 9.04. The Labute approximate surface area is 92.5 Å². The summed E-state index contributed by atoms with van der Waals surface area (Å²) >= 11 is 14.4. The first-order valence-electron chi connectivity index (χ1n) is 1.35. The Hall–Kier alpha value is 1.51. The standard InChI is InChI=1S/CHCl3.Mg.H2O4S.2H/c2-1(3)4;;1-5(2,3)4;;/h1H;;(H2,1,2,3,4);;/q;+2;;2*-1. The van der Waals surface area contributed by atoms with Crippen LogP contribution < -0.4 is 0 Å². The van der Waals surface area contributed by atoms with Gasteiger partial charge in [-0.1, -0.05) is 34.8 Å². The van der Waals surface area contributed by atoms with E-state index in [0.29, 0.717) is 0 Å². The first-order chi connectivity index (χ1) is 3.73. The van der Waals surface area contributed by atoms with Gasteiger partial charge in [0.15, 0.2) is 4.30 Å². The maximum absolute atomic E-state index is 8.74. The van der Waals surface area contributed by atoms with Gasteiger partial charge in [0.25, 0.3) is 0 Å². The molecular weight excluding hydrogens is 239 g/mol. The third-order valence-electron chi connectivity index (χ3n) is 0. The molecule has 0 aliphatic rings. The van der Waals surface area contributed by atoms with Crippen LogP contribution in [0.4, 0.5) is 0 Å². The molecule has 0 radical (unpaired) electrons. The Balaban J connectivity index is -0.0000000221. The van der Waals surface area contributed by atoms with Crippen LogP contribution in [-0.4, -0.2) is 44.9 Å². The molecule has 0 amide bonds. The molecule has 0 saturated heterocycles. The molecule has 0 aromatic rings. The second-order valence-electron chi connectivity index (χ2n) is 0.695. The van der Waals surface area contributed by atoms with E-state index in [2.05, 4.69) is 0 Å². The first kappa shape index (κ1) is 17.6. The molecule has 0 atom stereocenters. The fourth-order valence-corrected chi connectivity index (χ4v) is 0. The summed E-state index contributed by atoms with van der Waals surface area (Å²) in [6.07, 6.45) is 0. The quantitative estimate of drug-likeness (QED) is 0.381. The zero-order chi connectivity index (χ0) is 8.08. The normalized spacial score (nSPS) is 9.40. The third-order valence-corrected chi connectivity index (χ3v) is 0. The SMILES string of the molecule is ClC(Cl)Cl.O=S(=O)(O)O.[H-].[H-].[Mg+2]. The first-order valence-corrected chi connectivity index (χ1v) is 4.06. The summed E-state index contributed by atoms with van der Waals surface area (Å²) in [7, 11) is -4.67. The monoisotopic (exact) mass is 242 g/mol. The van der Waals surface area contributed by atoms with Gasteiger partial charge < -0.3 is 2.85 Å². The molecule has 2 N–H and O–H groups in total. The van der Waals surface area contributed by atoms with Crippen molar-refractivity contribution in [2.75, 3.05) is 0 Å². The van der Waals surface area contributed by atoms with Crippen LogP contribution in [0, 0.1) is 0 Å². The molecule has 0 rings (SSSR count). The molecule has 10 heavy (non-hydrogen) atoms. The molecule has 0 aliphatic heterocycles. The Morgan fingerprint density at radius 2 is 1.20 bits per heavy atom. The molecule has 9 heteroatoms. The smallest absolute Gasteiger partial charge is 1.00 e. The maximum Gasteiger partial charge on any atom is 2.00 e. The van der Waals surface area contributed by atoms with E-state index in [1.54, 1.807) is 0 Å². The van der Waals surface area contributed by atoms with Crippen molar-refractivity contribution in [2.24, 2.45) is 0 Å². The Morgan fingerprint density at radius 3 is 1.20 bits per heavy atom. The molecule has 0 unspecified atom stereocenters. The van der Waals surface area contributed by atoms with Gasteiger partial charge in [-0.15, -0.1) is 0 Å². The summed E-state index contributed by atoms with van der Waals surface area (Å²) < 4.78 is 30.8. The summed E-state index contributed by atoms with van der Waals surface area (Å²) in [5.74, 6) is 0. The minimum atomic E-state index is -4.67. The van der Waals surface area contributed by atoms with Gasteiger partial charge in [-0.25, -0.2) is 0 Å². The van der Waals surface area contributed by atoms with Crippen molar-refractivity contribution in [1.29, 1.82) is 0 Å². The second-order valence-corrected chi connectivity index (χ2v) is 3.57. The molecule has 0 saturated carbocycles. The maximum atomic E-state index is 8.74. The van der Waals surface area contributed by atoms with Crippen LogP contribution in [-0.2, 0) is 10.4 Å².